The number of rotatable bonds is 6. The Balaban J connectivity index is 2.40. The Morgan fingerprint density at radius 1 is 1.27 bits per heavy atom. The Labute approximate surface area is 158 Å². The topological polar surface area (TPSA) is 77.8 Å². The van der Waals surface area contributed by atoms with E-state index < -0.39 is 5.97 Å². The minimum absolute atomic E-state index is 0.0187. The summed E-state index contributed by atoms with van der Waals surface area (Å²) >= 11 is 1.60. The summed E-state index contributed by atoms with van der Waals surface area (Å²) in [5, 5.41) is -0.320. The van der Waals surface area contributed by atoms with Crippen LogP contribution in [0.1, 0.15) is 52.4 Å². The van der Waals surface area contributed by atoms with Crippen LogP contribution in [0.5, 0.6) is 0 Å². The Morgan fingerprint density at radius 3 is 2.58 bits per heavy atom. The minimum Gasteiger partial charge on any atom is -0.466 e. The van der Waals surface area contributed by atoms with Gasteiger partial charge in [0.25, 0.3) is 0 Å². The standard InChI is InChI=1S/C18H26N2O5S/c1-6-25-14(22)7-9-20-13(21)8-10-26-17(20)15-11(2)19(4)12(3)16(15)18(23)24-5/h17H,6-10H2,1-5H3. The minimum atomic E-state index is -0.412. The van der Waals surface area contributed by atoms with E-state index in [2.05, 4.69) is 0 Å². The molecule has 2 rings (SSSR count). The molecule has 0 radical (unpaired) electrons. The Morgan fingerprint density at radius 2 is 1.96 bits per heavy atom. The van der Waals surface area contributed by atoms with E-state index in [1.165, 1.54) is 7.11 Å². The van der Waals surface area contributed by atoms with Crippen LogP contribution in [0.4, 0.5) is 0 Å². The van der Waals surface area contributed by atoms with Crippen molar-refractivity contribution in [3.8, 4) is 0 Å². The van der Waals surface area contributed by atoms with E-state index in [0.29, 0.717) is 24.3 Å². The van der Waals surface area contributed by atoms with E-state index in [1.807, 2.05) is 25.5 Å². The largest absolute Gasteiger partial charge is 0.466 e. The summed E-state index contributed by atoms with van der Waals surface area (Å²) in [6, 6.07) is 0. The Hall–Kier alpha value is -1.96. The van der Waals surface area contributed by atoms with E-state index in [9.17, 15) is 14.4 Å². The zero-order valence-electron chi connectivity index (χ0n) is 16.0. The molecule has 1 fully saturated rings. The molecule has 1 aromatic heterocycles. The zero-order valence-corrected chi connectivity index (χ0v) is 16.8. The number of carbonyl (C=O) groups is 3. The molecule has 1 unspecified atom stereocenters. The van der Waals surface area contributed by atoms with Crippen LogP contribution in [0.15, 0.2) is 0 Å². The number of esters is 2. The molecule has 0 N–H and O–H groups in total. The summed E-state index contributed by atoms with van der Waals surface area (Å²) in [6.07, 6.45) is 0.553. The summed E-state index contributed by atoms with van der Waals surface area (Å²) in [7, 11) is 3.24. The number of ether oxygens (including phenoxy) is 2. The van der Waals surface area contributed by atoms with E-state index >= 15 is 0 Å². The van der Waals surface area contributed by atoms with Gasteiger partial charge in [0.05, 0.1) is 25.7 Å². The molecule has 7 nitrogen and oxygen atoms in total. The lowest BCUT2D eigenvalue weighted by molar-refractivity contribution is -0.144. The average molecular weight is 382 g/mol. The molecule has 144 valence electrons. The molecule has 1 amide bonds. The van der Waals surface area contributed by atoms with Crippen LogP contribution in [0.3, 0.4) is 0 Å². The van der Waals surface area contributed by atoms with Crippen molar-refractivity contribution >= 4 is 29.6 Å². The van der Waals surface area contributed by atoms with Gasteiger partial charge in [0.2, 0.25) is 5.91 Å². The molecule has 8 heteroatoms. The lowest BCUT2D eigenvalue weighted by atomic mass is 10.1. The van der Waals surface area contributed by atoms with Gasteiger partial charge in [-0.25, -0.2) is 4.79 Å². The summed E-state index contributed by atoms with van der Waals surface area (Å²) in [5.41, 5.74) is 3.00. The molecule has 26 heavy (non-hydrogen) atoms. The maximum Gasteiger partial charge on any atom is 0.340 e. The van der Waals surface area contributed by atoms with Crippen LogP contribution in [0, 0.1) is 13.8 Å². The van der Waals surface area contributed by atoms with E-state index in [4.69, 9.17) is 9.47 Å². The number of methoxy groups -OCH3 is 1. The third kappa shape index (κ3) is 3.90. The van der Waals surface area contributed by atoms with Crippen molar-refractivity contribution in [1.29, 1.82) is 0 Å². The summed E-state index contributed by atoms with van der Waals surface area (Å²) < 4.78 is 11.9. The number of aromatic nitrogens is 1. The molecule has 0 saturated carbocycles. The lowest BCUT2D eigenvalue weighted by Gasteiger charge is -2.35. The molecular formula is C18H26N2O5S. The fraction of sp³-hybridized carbons (Fsp3) is 0.611. The van der Waals surface area contributed by atoms with Gasteiger partial charge in [-0.15, -0.1) is 11.8 Å². The summed E-state index contributed by atoms with van der Waals surface area (Å²) in [4.78, 5) is 38.3. The highest BCUT2D eigenvalue weighted by atomic mass is 32.2. The highest BCUT2D eigenvalue weighted by Gasteiger charge is 2.36. The number of hydrogen-bond donors (Lipinski definition) is 0. The van der Waals surface area contributed by atoms with Crippen LogP contribution in [-0.2, 0) is 26.1 Å². The van der Waals surface area contributed by atoms with Gasteiger partial charge in [-0.1, -0.05) is 0 Å². The maximum atomic E-state index is 12.5. The predicted molar refractivity (Wildman–Crippen MR) is 99.0 cm³/mol. The first-order valence-electron chi connectivity index (χ1n) is 8.64. The third-order valence-electron chi connectivity index (χ3n) is 4.72. The van der Waals surface area contributed by atoms with Gasteiger partial charge in [-0.2, -0.15) is 0 Å². The van der Waals surface area contributed by atoms with Crippen molar-refractivity contribution in [3.63, 3.8) is 0 Å². The molecule has 1 atom stereocenters. The second-order valence-electron chi connectivity index (χ2n) is 6.13. The van der Waals surface area contributed by atoms with Gasteiger partial charge >= 0.3 is 11.9 Å². The first-order chi connectivity index (χ1) is 12.3. The SMILES string of the molecule is CCOC(=O)CCN1C(=O)CCSC1c1c(C(=O)OC)c(C)n(C)c1C. The van der Waals surface area contributed by atoms with Crippen molar-refractivity contribution in [2.75, 3.05) is 26.0 Å². The highest BCUT2D eigenvalue weighted by molar-refractivity contribution is 7.99. The molecule has 1 aliphatic heterocycles. The van der Waals surface area contributed by atoms with Crippen molar-refractivity contribution in [3.05, 3.63) is 22.5 Å². The van der Waals surface area contributed by atoms with E-state index in [-0.39, 0.29) is 30.2 Å². The normalized spacial score (nSPS) is 17.3. The lowest BCUT2D eigenvalue weighted by Crippen LogP contribution is -2.39. The summed E-state index contributed by atoms with van der Waals surface area (Å²) in [5.74, 6) is -0.0864. The van der Waals surface area contributed by atoms with Crippen LogP contribution in [-0.4, -0.2) is 53.3 Å². The summed E-state index contributed by atoms with van der Waals surface area (Å²) in [6.45, 7) is 6.12. The monoisotopic (exact) mass is 382 g/mol. The number of thioether (sulfide) groups is 1. The molecule has 0 spiro atoms. The predicted octanol–water partition coefficient (Wildman–Crippen LogP) is 2.35. The average Bonchev–Trinajstić information content (AvgIpc) is 2.84. The van der Waals surface area contributed by atoms with Crippen LogP contribution < -0.4 is 0 Å². The van der Waals surface area contributed by atoms with Crippen molar-refractivity contribution in [1.82, 2.24) is 9.47 Å². The van der Waals surface area contributed by atoms with Crippen molar-refractivity contribution < 1.29 is 23.9 Å². The Kier molecular flexibility index (Phi) is 6.75. The highest BCUT2D eigenvalue weighted by Crippen LogP contribution is 2.42. The van der Waals surface area contributed by atoms with Gasteiger partial charge in [-0.3, -0.25) is 9.59 Å². The number of amides is 1. The van der Waals surface area contributed by atoms with E-state index in [1.54, 1.807) is 23.6 Å². The van der Waals surface area contributed by atoms with Gasteiger partial charge in [-0.05, 0) is 20.8 Å². The number of hydrogen-bond acceptors (Lipinski definition) is 6. The first-order valence-corrected chi connectivity index (χ1v) is 9.69. The molecule has 2 heterocycles. The first kappa shape index (κ1) is 20.4. The van der Waals surface area contributed by atoms with Crippen molar-refractivity contribution in [2.45, 2.75) is 39.0 Å². The number of carbonyl (C=O) groups excluding carboxylic acids is 3. The van der Waals surface area contributed by atoms with Gasteiger partial charge in [0, 0.05) is 42.7 Å². The quantitative estimate of drug-likeness (QED) is 0.703. The molecule has 0 aromatic carbocycles. The third-order valence-corrected chi connectivity index (χ3v) is 5.97. The molecular weight excluding hydrogens is 356 g/mol. The van der Waals surface area contributed by atoms with Crippen molar-refractivity contribution in [2.24, 2.45) is 7.05 Å². The molecule has 0 bridgehead atoms. The molecule has 1 saturated heterocycles. The van der Waals surface area contributed by atoms with Crippen LogP contribution >= 0.6 is 11.8 Å². The second kappa shape index (κ2) is 8.62. The molecule has 1 aliphatic rings. The van der Waals surface area contributed by atoms with Gasteiger partial charge in [0.15, 0.2) is 0 Å². The van der Waals surface area contributed by atoms with Crippen LogP contribution in [0.25, 0.3) is 0 Å². The number of nitrogens with zero attached hydrogens (tertiary/aromatic N) is 2. The Bertz CT molecular complexity index is 713. The fourth-order valence-corrected chi connectivity index (χ4v) is 4.56. The van der Waals surface area contributed by atoms with E-state index in [0.717, 1.165) is 17.0 Å². The fourth-order valence-electron chi connectivity index (χ4n) is 3.19. The van der Waals surface area contributed by atoms with Crippen LogP contribution in [0.2, 0.25) is 0 Å². The second-order valence-corrected chi connectivity index (χ2v) is 7.31. The van der Waals surface area contributed by atoms with Gasteiger partial charge < -0.3 is 18.9 Å². The smallest absolute Gasteiger partial charge is 0.340 e. The zero-order chi connectivity index (χ0) is 19.4. The maximum absolute atomic E-state index is 12.5. The molecule has 0 aliphatic carbocycles. The van der Waals surface area contributed by atoms with Gasteiger partial charge in [0.1, 0.15) is 5.37 Å². The molecule has 1 aromatic rings.